The van der Waals surface area contributed by atoms with Gasteiger partial charge in [0.2, 0.25) is 0 Å². The number of rotatable bonds is 1. The topological polar surface area (TPSA) is 17.1 Å². The molecule has 0 amide bonds. The van der Waals surface area contributed by atoms with Crippen LogP contribution in [-0.4, -0.2) is 5.78 Å². The highest BCUT2D eigenvalue weighted by molar-refractivity contribution is 14.1. The van der Waals surface area contributed by atoms with Crippen LogP contribution < -0.4 is 0 Å². The average Bonchev–Trinajstić information content (AvgIpc) is 2.13. The highest BCUT2D eigenvalue weighted by Crippen LogP contribution is 2.28. The highest BCUT2D eigenvalue weighted by Gasteiger charge is 2.06. The van der Waals surface area contributed by atoms with Crippen molar-refractivity contribution < 1.29 is 4.79 Å². The zero-order valence-electron chi connectivity index (χ0n) is 5.15. The first-order chi connectivity index (χ1) is 4.61. The first kappa shape index (κ1) is 8.49. The van der Waals surface area contributed by atoms with Gasteiger partial charge in [0.15, 0.2) is 5.78 Å². The molecule has 0 aromatic carbocycles. The molecule has 0 bridgehead atoms. The van der Waals surface area contributed by atoms with Gasteiger partial charge in [-0.15, -0.1) is 11.3 Å². The standard InChI is InChI=1S/C6H4ClIOS/c1-3(9)5-2-4(8)6(7)10-5/h2H,1H3. The molecule has 0 spiro atoms. The number of Topliss-reactive ketones (excluding diaryl/α,β-unsaturated/α-hetero) is 1. The van der Waals surface area contributed by atoms with Gasteiger partial charge in [0.1, 0.15) is 4.34 Å². The number of thiophene rings is 1. The van der Waals surface area contributed by atoms with Crippen molar-refractivity contribution in [1.82, 2.24) is 0 Å². The Balaban J connectivity index is 3.10. The molecular formula is C6H4ClIOS. The molecule has 1 aromatic rings. The van der Waals surface area contributed by atoms with Gasteiger partial charge in [-0.1, -0.05) is 11.6 Å². The van der Waals surface area contributed by atoms with E-state index in [1.54, 1.807) is 6.07 Å². The highest BCUT2D eigenvalue weighted by atomic mass is 127. The smallest absolute Gasteiger partial charge is 0.169 e. The van der Waals surface area contributed by atoms with Gasteiger partial charge in [0, 0.05) is 3.57 Å². The Labute approximate surface area is 81.5 Å². The van der Waals surface area contributed by atoms with E-state index in [4.69, 9.17) is 11.6 Å². The first-order valence-electron chi connectivity index (χ1n) is 2.57. The van der Waals surface area contributed by atoms with Gasteiger partial charge in [-0.05, 0) is 35.6 Å². The van der Waals surface area contributed by atoms with Gasteiger partial charge in [0.25, 0.3) is 0 Å². The summed E-state index contributed by atoms with van der Waals surface area (Å²) in [6.45, 7) is 1.54. The van der Waals surface area contributed by atoms with E-state index in [1.807, 2.05) is 0 Å². The maximum atomic E-state index is 10.8. The molecule has 1 aromatic heterocycles. The minimum Gasteiger partial charge on any atom is -0.294 e. The molecule has 4 heteroatoms. The van der Waals surface area contributed by atoms with Crippen LogP contribution in [0.2, 0.25) is 4.34 Å². The molecule has 1 nitrogen and oxygen atoms in total. The molecule has 0 aliphatic rings. The molecule has 54 valence electrons. The fourth-order valence-electron chi connectivity index (χ4n) is 0.520. The SMILES string of the molecule is CC(=O)c1cc(I)c(Cl)s1. The Bertz CT molecular complexity index is 249. The summed E-state index contributed by atoms with van der Waals surface area (Å²) in [6, 6.07) is 1.80. The lowest BCUT2D eigenvalue weighted by Gasteiger charge is -1.80. The lowest BCUT2D eigenvalue weighted by Crippen LogP contribution is -1.83. The lowest BCUT2D eigenvalue weighted by molar-refractivity contribution is 0.102. The molecule has 0 unspecified atom stereocenters. The number of hydrogen-bond donors (Lipinski definition) is 0. The van der Waals surface area contributed by atoms with Crippen LogP contribution in [0.15, 0.2) is 6.07 Å². The Morgan fingerprint density at radius 1 is 1.80 bits per heavy atom. The van der Waals surface area contributed by atoms with Gasteiger partial charge in [-0.25, -0.2) is 0 Å². The van der Waals surface area contributed by atoms with E-state index in [1.165, 1.54) is 18.3 Å². The van der Waals surface area contributed by atoms with E-state index in [-0.39, 0.29) is 5.78 Å². The van der Waals surface area contributed by atoms with E-state index >= 15 is 0 Å². The summed E-state index contributed by atoms with van der Waals surface area (Å²) in [4.78, 5) is 11.5. The molecule has 0 saturated heterocycles. The van der Waals surface area contributed by atoms with Crippen LogP contribution in [0.5, 0.6) is 0 Å². The molecule has 0 aliphatic heterocycles. The second-order valence-electron chi connectivity index (χ2n) is 1.79. The van der Waals surface area contributed by atoms with Gasteiger partial charge in [-0.2, -0.15) is 0 Å². The van der Waals surface area contributed by atoms with Crippen molar-refractivity contribution >= 4 is 51.3 Å². The van der Waals surface area contributed by atoms with Gasteiger partial charge in [-0.3, -0.25) is 4.79 Å². The third kappa shape index (κ3) is 1.71. The predicted molar refractivity (Wildman–Crippen MR) is 52.1 cm³/mol. The average molecular weight is 287 g/mol. The number of carbonyl (C=O) groups excluding carboxylic acids is 1. The number of halogens is 2. The molecule has 1 heterocycles. The van der Waals surface area contributed by atoms with Crippen LogP contribution in [0, 0.1) is 3.57 Å². The lowest BCUT2D eigenvalue weighted by atomic mass is 10.4. The monoisotopic (exact) mass is 286 g/mol. The van der Waals surface area contributed by atoms with Crippen LogP contribution in [0.4, 0.5) is 0 Å². The normalized spacial score (nSPS) is 9.90. The summed E-state index contributed by atoms with van der Waals surface area (Å²) in [5.74, 6) is 0.0785. The predicted octanol–water partition coefficient (Wildman–Crippen LogP) is 3.21. The molecule has 0 atom stereocenters. The summed E-state index contributed by atoms with van der Waals surface area (Å²) >= 11 is 9.17. The third-order valence-electron chi connectivity index (χ3n) is 0.992. The Kier molecular flexibility index (Phi) is 2.71. The zero-order valence-corrected chi connectivity index (χ0v) is 8.88. The van der Waals surface area contributed by atoms with Crippen molar-refractivity contribution in [2.24, 2.45) is 0 Å². The minimum atomic E-state index is 0.0785. The Morgan fingerprint density at radius 3 is 2.60 bits per heavy atom. The largest absolute Gasteiger partial charge is 0.294 e. The van der Waals surface area contributed by atoms with Crippen molar-refractivity contribution in [3.05, 3.63) is 18.9 Å². The fourth-order valence-corrected chi connectivity index (χ4v) is 2.35. The summed E-state index contributed by atoms with van der Waals surface area (Å²) in [5.41, 5.74) is 0. The molecule has 0 saturated carbocycles. The van der Waals surface area contributed by atoms with Crippen molar-refractivity contribution in [3.63, 3.8) is 0 Å². The van der Waals surface area contributed by atoms with Gasteiger partial charge in [0.05, 0.1) is 4.88 Å². The fraction of sp³-hybridized carbons (Fsp3) is 0.167. The third-order valence-corrected chi connectivity index (χ3v) is 3.99. The molecule has 1 rings (SSSR count). The summed E-state index contributed by atoms with van der Waals surface area (Å²) in [5, 5.41) is 0. The van der Waals surface area contributed by atoms with Crippen LogP contribution in [-0.2, 0) is 0 Å². The van der Waals surface area contributed by atoms with Crippen molar-refractivity contribution in [1.29, 1.82) is 0 Å². The Hall–Kier alpha value is 0.390. The maximum Gasteiger partial charge on any atom is 0.169 e. The van der Waals surface area contributed by atoms with Crippen molar-refractivity contribution in [2.75, 3.05) is 0 Å². The van der Waals surface area contributed by atoms with Crippen molar-refractivity contribution in [2.45, 2.75) is 6.92 Å². The van der Waals surface area contributed by atoms with Crippen LogP contribution in [0.3, 0.4) is 0 Å². The van der Waals surface area contributed by atoms with E-state index in [9.17, 15) is 4.79 Å². The molecule has 10 heavy (non-hydrogen) atoms. The quantitative estimate of drug-likeness (QED) is 0.572. The van der Waals surface area contributed by atoms with E-state index in [2.05, 4.69) is 22.6 Å². The van der Waals surface area contributed by atoms with Gasteiger partial charge < -0.3 is 0 Å². The van der Waals surface area contributed by atoms with Crippen LogP contribution >= 0.6 is 45.5 Å². The number of hydrogen-bond acceptors (Lipinski definition) is 2. The van der Waals surface area contributed by atoms with Gasteiger partial charge >= 0.3 is 0 Å². The van der Waals surface area contributed by atoms with E-state index in [0.717, 1.165) is 8.45 Å². The summed E-state index contributed by atoms with van der Waals surface area (Å²) in [7, 11) is 0. The van der Waals surface area contributed by atoms with Crippen LogP contribution in [0.25, 0.3) is 0 Å². The second kappa shape index (κ2) is 3.19. The zero-order chi connectivity index (χ0) is 7.72. The minimum absolute atomic E-state index is 0.0785. The van der Waals surface area contributed by atoms with E-state index in [0.29, 0.717) is 4.34 Å². The number of carbonyl (C=O) groups is 1. The Morgan fingerprint density at radius 2 is 2.40 bits per heavy atom. The number of ketones is 1. The van der Waals surface area contributed by atoms with Crippen molar-refractivity contribution in [3.8, 4) is 0 Å². The maximum absolute atomic E-state index is 10.8. The van der Waals surface area contributed by atoms with Crippen LogP contribution in [0.1, 0.15) is 16.6 Å². The molecule has 0 fully saturated rings. The molecule has 0 radical (unpaired) electrons. The first-order valence-corrected chi connectivity index (χ1v) is 4.84. The summed E-state index contributed by atoms with van der Waals surface area (Å²) < 4.78 is 1.65. The molecule has 0 N–H and O–H groups in total. The molecule has 0 aliphatic carbocycles. The second-order valence-corrected chi connectivity index (χ2v) is 4.60. The molecular weight excluding hydrogens is 282 g/mol. The summed E-state index contributed by atoms with van der Waals surface area (Å²) in [6.07, 6.45) is 0. The van der Waals surface area contributed by atoms with E-state index < -0.39 is 0 Å².